The number of fused-ring (bicyclic) bond motifs is 2. The highest BCUT2D eigenvalue weighted by atomic mass is 32.2. The summed E-state index contributed by atoms with van der Waals surface area (Å²) in [7, 11) is -0.895. The van der Waals surface area contributed by atoms with E-state index < -0.39 is 10.0 Å². The van der Waals surface area contributed by atoms with E-state index in [1.54, 1.807) is 61.7 Å². The molecule has 0 atom stereocenters. The van der Waals surface area contributed by atoms with Crippen LogP contribution < -0.4 is 24.5 Å². The largest absolute Gasteiger partial charge is 0.497 e. The van der Waals surface area contributed by atoms with Crippen LogP contribution in [0.15, 0.2) is 76.4 Å². The Hall–Kier alpha value is -4.02. The molecule has 0 bridgehead atoms. The lowest BCUT2D eigenvalue weighted by Crippen LogP contribution is -2.32. The molecule has 2 heterocycles. The summed E-state index contributed by atoms with van der Waals surface area (Å²) in [6.07, 6.45) is 0. The average molecular weight is 523 g/mol. The average Bonchev–Trinajstić information content (AvgIpc) is 2.92. The van der Waals surface area contributed by atoms with Crippen LogP contribution in [0.1, 0.15) is 11.1 Å². The quantitative estimate of drug-likeness (QED) is 0.376. The van der Waals surface area contributed by atoms with Crippen LogP contribution in [-0.2, 0) is 23.1 Å². The lowest BCUT2D eigenvalue weighted by Gasteiger charge is -2.23. The summed E-state index contributed by atoms with van der Waals surface area (Å²) >= 11 is 0. The molecule has 9 nitrogen and oxygen atoms in total. The van der Waals surface area contributed by atoms with Crippen LogP contribution in [0.5, 0.6) is 23.0 Å². The molecule has 4 aromatic rings. The molecule has 0 radical (unpaired) electrons. The van der Waals surface area contributed by atoms with Crippen molar-refractivity contribution in [3.8, 4) is 23.0 Å². The lowest BCUT2D eigenvalue weighted by atomic mass is 10.1. The Balaban J connectivity index is 1.54. The van der Waals surface area contributed by atoms with Gasteiger partial charge >= 0.3 is 0 Å². The monoisotopic (exact) mass is 522 g/mol. The number of benzene rings is 3. The van der Waals surface area contributed by atoms with Gasteiger partial charge in [0.25, 0.3) is 5.56 Å². The predicted molar refractivity (Wildman–Crippen MR) is 138 cm³/mol. The molecule has 1 N–H and O–H groups in total. The van der Waals surface area contributed by atoms with E-state index in [2.05, 4.69) is 4.98 Å². The molecule has 0 fully saturated rings. The Morgan fingerprint density at radius 2 is 1.43 bits per heavy atom. The summed E-state index contributed by atoms with van der Waals surface area (Å²) in [5.74, 6) is 2.35. The fourth-order valence-corrected chi connectivity index (χ4v) is 5.56. The van der Waals surface area contributed by atoms with E-state index in [9.17, 15) is 13.2 Å². The topological polar surface area (TPSA) is 107 Å². The van der Waals surface area contributed by atoms with E-state index in [0.717, 1.165) is 5.56 Å². The standard InChI is InChI=1S/C27H26N2O7S/c1-33-21-5-3-18(4-6-21)16-29(37(31,32)23-9-7-22(34-2)8-10-23)17-20-13-19-14-25-26(36-12-11-35-25)15-24(19)28-27(20)30/h3-10,13-15H,11-12,16-17H2,1-2H3,(H,28,30). The number of nitrogens with one attached hydrogen (secondary N) is 1. The fraction of sp³-hybridized carbons (Fsp3) is 0.222. The number of hydrogen-bond donors (Lipinski definition) is 1. The van der Waals surface area contributed by atoms with Gasteiger partial charge in [-0.05, 0) is 54.1 Å². The van der Waals surface area contributed by atoms with Crippen LogP contribution in [-0.4, -0.2) is 45.1 Å². The van der Waals surface area contributed by atoms with Crippen LogP contribution in [0.25, 0.3) is 10.9 Å². The summed E-state index contributed by atoms with van der Waals surface area (Å²) in [5, 5.41) is 0.713. The molecular weight excluding hydrogens is 496 g/mol. The van der Waals surface area contributed by atoms with E-state index in [4.69, 9.17) is 18.9 Å². The molecular formula is C27H26N2O7S. The number of rotatable bonds is 8. The number of pyridine rings is 1. The van der Waals surface area contributed by atoms with Crippen molar-refractivity contribution in [3.63, 3.8) is 0 Å². The minimum absolute atomic E-state index is 0.0526. The van der Waals surface area contributed by atoms with E-state index >= 15 is 0 Å². The normalized spacial score (nSPS) is 13.1. The third-order valence-corrected chi connectivity index (χ3v) is 7.95. The minimum atomic E-state index is -3.97. The van der Waals surface area contributed by atoms with Crippen molar-refractivity contribution < 1.29 is 27.4 Å². The van der Waals surface area contributed by atoms with E-state index in [1.165, 1.54) is 23.5 Å². The van der Waals surface area contributed by atoms with Gasteiger partial charge in [0.2, 0.25) is 10.0 Å². The van der Waals surface area contributed by atoms with Gasteiger partial charge in [-0.25, -0.2) is 8.42 Å². The predicted octanol–water partition coefficient (Wildman–Crippen LogP) is 3.71. The molecule has 0 aliphatic carbocycles. The van der Waals surface area contributed by atoms with Crippen molar-refractivity contribution in [2.24, 2.45) is 0 Å². The van der Waals surface area contributed by atoms with Crippen molar-refractivity contribution in [1.82, 2.24) is 9.29 Å². The highest BCUT2D eigenvalue weighted by Crippen LogP contribution is 2.34. The maximum atomic E-state index is 13.7. The molecule has 0 amide bonds. The molecule has 0 saturated heterocycles. The van der Waals surface area contributed by atoms with Gasteiger partial charge in [-0.1, -0.05) is 12.1 Å². The van der Waals surface area contributed by atoms with Gasteiger partial charge in [-0.3, -0.25) is 4.79 Å². The van der Waals surface area contributed by atoms with Crippen LogP contribution in [0, 0.1) is 0 Å². The lowest BCUT2D eigenvalue weighted by molar-refractivity contribution is 0.172. The first kappa shape index (κ1) is 24.7. The molecule has 37 heavy (non-hydrogen) atoms. The van der Waals surface area contributed by atoms with Crippen molar-refractivity contribution >= 4 is 20.9 Å². The Bertz CT molecular complexity index is 1580. The zero-order valence-corrected chi connectivity index (χ0v) is 21.2. The van der Waals surface area contributed by atoms with Crippen LogP contribution in [0.4, 0.5) is 0 Å². The molecule has 1 aliphatic rings. The molecule has 10 heteroatoms. The number of ether oxygens (including phenoxy) is 4. The summed E-state index contributed by atoms with van der Waals surface area (Å²) in [5.41, 5.74) is 1.25. The number of aromatic amines is 1. The Labute approximate surface area is 214 Å². The van der Waals surface area contributed by atoms with Crippen molar-refractivity contribution in [1.29, 1.82) is 0 Å². The Kier molecular flexibility index (Phi) is 6.77. The highest BCUT2D eigenvalue weighted by Gasteiger charge is 2.26. The van der Waals surface area contributed by atoms with Crippen molar-refractivity contribution in [2.75, 3.05) is 27.4 Å². The summed E-state index contributed by atoms with van der Waals surface area (Å²) < 4.78 is 50.4. The van der Waals surface area contributed by atoms with Crippen LogP contribution in [0.3, 0.4) is 0 Å². The molecule has 0 unspecified atom stereocenters. The summed E-state index contributed by atoms with van der Waals surface area (Å²) in [6, 6.07) is 18.5. The van der Waals surface area contributed by atoms with Crippen molar-refractivity contribution in [2.45, 2.75) is 18.0 Å². The second-order valence-electron chi connectivity index (χ2n) is 8.50. The maximum Gasteiger partial charge on any atom is 0.252 e. The molecule has 0 saturated carbocycles. The molecule has 0 spiro atoms. The molecule has 1 aromatic heterocycles. The first-order valence-corrected chi connectivity index (χ1v) is 13.0. The smallest absolute Gasteiger partial charge is 0.252 e. The first-order valence-electron chi connectivity index (χ1n) is 11.6. The van der Waals surface area contributed by atoms with Gasteiger partial charge in [0.05, 0.1) is 24.6 Å². The van der Waals surface area contributed by atoms with Gasteiger partial charge in [-0.2, -0.15) is 4.31 Å². The number of sulfonamides is 1. The summed E-state index contributed by atoms with van der Waals surface area (Å²) in [4.78, 5) is 16.0. The SMILES string of the molecule is COc1ccc(CN(Cc2cc3cc4c(cc3[nH]c2=O)OCCO4)S(=O)(=O)c2ccc(OC)cc2)cc1. The molecule has 192 valence electrons. The highest BCUT2D eigenvalue weighted by molar-refractivity contribution is 7.89. The second-order valence-corrected chi connectivity index (χ2v) is 10.4. The van der Waals surface area contributed by atoms with Gasteiger partial charge in [-0.15, -0.1) is 0 Å². The number of H-pyrrole nitrogens is 1. The number of aromatic nitrogens is 1. The maximum absolute atomic E-state index is 13.7. The molecule has 1 aliphatic heterocycles. The zero-order chi connectivity index (χ0) is 26.0. The van der Waals surface area contributed by atoms with E-state index in [-0.39, 0.29) is 23.5 Å². The first-order chi connectivity index (χ1) is 17.9. The van der Waals surface area contributed by atoms with Crippen LogP contribution >= 0.6 is 0 Å². The van der Waals surface area contributed by atoms with Crippen LogP contribution in [0.2, 0.25) is 0 Å². The van der Waals surface area contributed by atoms with Gasteiger partial charge < -0.3 is 23.9 Å². The Morgan fingerprint density at radius 1 is 0.838 bits per heavy atom. The summed E-state index contributed by atoms with van der Waals surface area (Å²) in [6.45, 7) is 0.784. The third-order valence-electron chi connectivity index (χ3n) is 6.15. The molecule has 3 aromatic carbocycles. The minimum Gasteiger partial charge on any atom is -0.497 e. The third kappa shape index (κ3) is 5.11. The molecule has 5 rings (SSSR count). The number of methoxy groups -OCH3 is 2. The van der Waals surface area contributed by atoms with E-state index in [0.29, 0.717) is 52.7 Å². The van der Waals surface area contributed by atoms with Gasteiger partial charge in [0.15, 0.2) is 11.5 Å². The fourth-order valence-electron chi connectivity index (χ4n) is 4.15. The van der Waals surface area contributed by atoms with Crippen molar-refractivity contribution in [3.05, 3.63) is 88.2 Å². The second kappa shape index (κ2) is 10.2. The van der Waals surface area contributed by atoms with E-state index in [1.807, 2.05) is 0 Å². The number of nitrogens with zero attached hydrogens (tertiary/aromatic N) is 1. The van der Waals surface area contributed by atoms with Gasteiger partial charge in [0.1, 0.15) is 24.7 Å². The Morgan fingerprint density at radius 3 is 2.05 bits per heavy atom. The zero-order valence-electron chi connectivity index (χ0n) is 20.4. The number of hydrogen-bond acceptors (Lipinski definition) is 7. The van der Waals surface area contributed by atoms with Gasteiger partial charge in [0, 0.05) is 30.1 Å².